The number of rotatable bonds is 3. The number of benzene rings is 1. The Hall–Kier alpha value is -1.55. The first-order valence-electron chi connectivity index (χ1n) is 4.20. The van der Waals surface area contributed by atoms with Crippen molar-refractivity contribution in [2.24, 2.45) is 0 Å². The number of hydrogen-bond donors (Lipinski definition) is 2. The fraction of sp³-hybridized carbons (Fsp3) is 0.300. The molecule has 0 heterocycles. The van der Waals surface area contributed by atoms with Crippen LogP contribution in [0.3, 0.4) is 0 Å². The summed E-state index contributed by atoms with van der Waals surface area (Å²) in [5, 5.41) is 12.5. The fourth-order valence-corrected chi connectivity index (χ4v) is 1.22. The van der Waals surface area contributed by atoms with E-state index in [-0.39, 0.29) is 12.2 Å². The van der Waals surface area contributed by atoms with Gasteiger partial charge in [-0.05, 0) is 18.9 Å². The maximum absolute atomic E-state index is 10.2. The van der Waals surface area contributed by atoms with Crippen molar-refractivity contribution in [3.63, 3.8) is 0 Å². The maximum Gasteiger partial charge on any atom is 0.134 e. The Morgan fingerprint density at radius 1 is 1.43 bits per heavy atom. The van der Waals surface area contributed by atoms with E-state index in [1.807, 2.05) is 37.3 Å². The first-order chi connectivity index (χ1) is 6.18. The van der Waals surface area contributed by atoms with Crippen LogP contribution in [0.5, 0.6) is 0 Å². The summed E-state index contributed by atoms with van der Waals surface area (Å²) >= 11 is 0. The topological polar surface area (TPSA) is 88.7 Å². The lowest BCUT2D eigenvalue weighted by Gasteiger charge is -2.15. The quantitative estimate of drug-likeness (QED) is 0.753. The van der Waals surface area contributed by atoms with Gasteiger partial charge < -0.3 is 21.4 Å². The Morgan fingerprint density at radius 2 is 2.00 bits per heavy atom. The summed E-state index contributed by atoms with van der Waals surface area (Å²) in [7, 11) is 0. The van der Waals surface area contributed by atoms with E-state index in [1.165, 1.54) is 0 Å². The van der Waals surface area contributed by atoms with Gasteiger partial charge in [0.15, 0.2) is 0 Å². The highest BCUT2D eigenvalue weighted by Crippen LogP contribution is 2.01. The van der Waals surface area contributed by atoms with Crippen LogP contribution in [0.1, 0.15) is 12.5 Å². The van der Waals surface area contributed by atoms with Crippen molar-refractivity contribution in [3.05, 3.63) is 35.9 Å². The molecule has 5 N–H and O–H groups in total. The Bertz CT molecular complexity index is 275. The number of carboxylic acid groups (broad SMARTS) is 1. The van der Waals surface area contributed by atoms with E-state index < -0.39 is 6.09 Å². The standard InChI is InChI=1S/C10H13NO2.H3N/c1-8(11-10(12)13)7-9-5-3-2-4-6-9;/h2-6,8,11H,7H2,1H3,(H,12,13);1H3. The van der Waals surface area contributed by atoms with E-state index in [0.29, 0.717) is 6.42 Å². The molecule has 1 aromatic carbocycles. The van der Waals surface area contributed by atoms with Crippen LogP contribution < -0.4 is 16.6 Å². The molecule has 0 fully saturated rings. The summed E-state index contributed by atoms with van der Waals surface area (Å²) in [6.07, 6.45) is -0.530. The summed E-state index contributed by atoms with van der Waals surface area (Å²) in [6, 6.07) is 9.62. The molecule has 1 aromatic rings. The molecule has 1 atom stereocenters. The average Bonchev–Trinajstić information content (AvgIpc) is 2.04. The normalized spacial score (nSPS) is 11.2. The van der Waals surface area contributed by atoms with Gasteiger partial charge in [-0.3, -0.25) is 0 Å². The van der Waals surface area contributed by atoms with Gasteiger partial charge >= 0.3 is 0 Å². The zero-order valence-corrected chi connectivity index (χ0v) is 8.49. The van der Waals surface area contributed by atoms with Crippen LogP contribution in [-0.4, -0.2) is 12.1 Å². The molecule has 4 nitrogen and oxygen atoms in total. The fourth-order valence-electron chi connectivity index (χ4n) is 1.22. The van der Waals surface area contributed by atoms with E-state index in [0.717, 1.165) is 5.56 Å². The van der Waals surface area contributed by atoms with E-state index in [9.17, 15) is 9.90 Å². The van der Waals surface area contributed by atoms with Gasteiger partial charge in [0.2, 0.25) is 0 Å². The summed E-state index contributed by atoms with van der Waals surface area (Å²) < 4.78 is 0. The molecule has 0 aliphatic rings. The monoisotopic (exact) mass is 196 g/mol. The molecule has 0 aliphatic heterocycles. The van der Waals surface area contributed by atoms with E-state index in [4.69, 9.17) is 0 Å². The molecule has 78 valence electrons. The Morgan fingerprint density at radius 3 is 2.50 bits per heavy atom. The lowest BCUT2D eigenvalue weighted by atomic mass is 10.1. The van der Waals surface area contributed by atoms with Crippen molar-refractivity contribution in [1.29, 1.82) is 0 Å². The molecule has 0 spiro atoms. The van der Waals surface area contributed by atoms with Crippen LogP contribution in [0.15, 0.2) is 30.3 Å². The first kappa shape index (κ1) is 12.4. The molecule has 0 bridgehead atoms. The van der Waals surface area contributed by atoms with Gasteiger partial charge in [-0.2, -0.15) is 0 Å². The number of hydrogen-bond acceptors (Lipinski definition) is 2. The third-order valence-corrected chi connectivity index (χ3v) is 1.75. The van der Waals surface area contributed by atoms with Crippen molar-refractivity contribution in [2.75, 3.05) is 0 Å². The maximum atomic E-state index is 10.2. The number of carbonyl (C=O) groups is 1. The highest BCUT2D eigenvalue weighted by atomic mass is 16.4. The minimum Gasteiger partial charge on any atom is -0.530 e. The minimum atomic E-state index is -1.22. The summed E-state index contributed by atoms with van der Waals surface area (Å²) in [4.78, 5) is 10.2. The average molecular weight is 196 g/mol. The third kappa shape index (κ3) is 4.47. The van der Waals surface area contributed by atoms with E-state index in [1.54, 1.807) is 0 Å². The van der Waals surface area contributed by atoms with Crippen LogP contribution in [0.25, 0.3) is 0 Å². The molecule has 1 rings (SSSR count). The van der Waals surface area contributed by atoms with Crippen molar-refractivity contribution < 1.29 is 9.90 Å². The highest BCUT2D eigenvalue weighted by Gasteiger charge is 2.01. The van der Waals surface area contributed by atoms with Crippen LogP contribution in [0.4, 0.5) is 4.79 Å². The zero-order valence-electron chi connectivity index (χ0n) is 8.49. The van der Waals surface area contributed by atoms with Gasteiger partial charge in [-0.15, -0.1) is 0 Å². The number of nitrogens with one attached hydrogen (secondary N) is 1. The SMILES string of the molecule is CC(Cc1ccccc1)NC(=O)[O-].[NH4+]. The predicted molar refractivity (Wildman–Crippen MR) is 54.1 cm³/mol. The molecule has 4 heteroatoms. The summed E-state index contributed by atoms with van der Waals surface area (Å²) in [5.41, 5.74) is 1.11. The Balaban J connectivity index is 0.00000169. The van der Waals surface area contributed by atoms with Crippen LogP contribution >= 0.6 is 0 Å². The molecule has 1 amide bonds. The first-order valence-corrected chi connectivity index (χ1v) is 4.20. The molecule has 0 saturated carbocycles. The van der Waals surface area contributed by atoms with Crippen LogP contribution in [-0.2, 0) is 6.42 Å². The molecular formula is C10H16N2O2. The van der Waals surface area contributed by atoms with Gasteiger partial charge in [0.25, 0.3) is 0 Å². The molecular weight excluding hydrogens is 180 g/mol. The van der Waals surface area contributed by atoms with Crippen LogP contribution in [0, 0.1) is 0 Å². The second-order valence-electron chi connectivity index (χ2n) is 3.02. The number of amides is 1. The minimum absolute atomic E-state index is 0. The van der Waals surface area contributed by atoms with Crippen molar-refractivity contribution >= 4 is 6.09 Å². The van der Waals surface area contributed by atoms with Gasteiger partial charge in [0.05, 0.1) is 0 Å². The molecule has 0 radical (unpaired) electrons. The van der Waals surface area contributed by atoms with Crippen molar-refractivity contribution in [3.8, 4) is 0 Å². The Kier molecular flexibility index (Phi) is 5.33. The molecule has 0 saturated heterocycles. The second kappa shape index (κ2) is 5.99. The lowest BCUT2D eigenvalue weighted by Crippen LogP contribution is -2.42. The van der Waals surface area contributed by atoms with Gasteiger partial charge in [0, 0.05) is 6.04 Å². The number of carbonyl (C=O) groups excluding carboxylic acids is 1. The summed E-state index contributed by atoms with van der Waals surface area (Å²) in [5.74, 6) is 0. The number of quaternary nitrogens is 1. The zero-order chi connectivity index (χ0) is 9.68. The van der Waals surface area contributed by atoms with E-state index >= 15 is 0 Å². The highest BCUT2D eigenvalue weighted by molar-refractivity contribution is 5.62. The summed E-state index contributed by atoms with van der Waals surface area (Å²) in [6.45, 7) is 1.81. The predicted octanol–water partition coefficient (Wildman–Crippen LogP) is 0.927. The van der Waals surface area contributed by atoms with Gasteiger partial charge in [-0.25, -0.2) is 0 Å². The molecule has 14 heavy (non-hydrogen) atoms. The molecule has 1 unspecified atom stereocenters. The van der Waals surface area contributed by atoms with Crippen molar-refractivity contribution in [1.82, 2.24) is 11.5 Å². The molecule has 0 aromatic heterocycles. The van der Waals surface area contributed by atoms with Gasteiger partial charge in [-0.1, -0.05) is 30.3 Å². The largest absolute Gasteiger partial charge is 0.530 e. The lowest BCUT2D eigenvalue weighted by molar-refractivity contribution is -0.251. The van der Waals surface area contributed by atoms with Crippen molar-refractivity contribution in [2.45, 2.75) is 19.4 Å². The van der Waals surface area contributed by atoms with Gasteiger partial charge in [0.1, 0.15) is 6.09 Å². The van der Waals surface area contributed by atoms with E-state index in [2.05, 4.69) is 5.32 Å². The smallest absolute Gasteiger partial charge is 0.134 e. The second-order valence-corrected chi connectivity index (χ2v) is 3.02. The molecule has 0 aliphatic carbocycles. The Labute approximate surface area is 83.5 Å². The third-order valence-electron chi connectivity index (χ3n) is 1.75. The van der Waals surface area contributed by atoms with Crippen LogP contribution in [0.2, 0.25) is 0 Å².